The average molecular weight is 292 g/mol. The van der Waals surface area contributed by atoms with Crippen LogP contribution in [0, 0.1) is 0 Å². The van der Waals surface area contributed by atoms with Crippen molar-refractivity contribution in [2.75, 3.05) is 25.6 Å². The normalized spacial score (nSPS) is 15.7. The highest BCUT2D eigenvalue weighted by molar-refractivity contribution is 8.04. The number of thioether (sulfide) groups is 1. The van der Waals surface area contributed by atoms with E-state index in [1.54, 1.807) is 7.11 Å². The number of ether oxygens (including phenoxy) is 1. The molecule has 2 amide bonds. The van der Waals surface area contributed by atoms with Crippen LogP contribution >= 0.6 is 11.8 Å². The zero-order valence-electron chi connectivity index (χ0n) is 11.1. The Kier molecular flexibility index (Phi) is 5.20. The molecule has 0 aliphatic carbocycles. The van der Waals surface area contributed by atoms with Crippen LogP contribution in [0.2, 0.25) is 0 Å². The summed E-state index contributed by atoms with van der Waals surface area (Å²) in [6, 6.07) is 7.49. The standard InChI is InChI=1S/C14H16N2O3S/c1-19-8-4-7-15-13(17)9-12-14(18)16-10-5-2-3-6-11(10)20-12/h2-3,5-6,9H,4,7-8H2,1H3,(H,15,17)(H,16,18)/b12-9+. The summed E-state index contributed by atoms with van der Waals surface area (Å²) in [4.78, 5) is 24.9. The van der Waals surface area contributed by atoms with Crippen molar-refractivity contribution in [3.63, 3.8) is 0 Å². The monoisotopic (exact) mass is 292 g/mol. The van der Waals surface area contributed by atoms with Crippen molar-refractivity contribution in [2.24, 2.45) is 0 Å². The Labute approximate surface area is 121 Å². The summed E-state index contributed by atoms with van der Waals surface area (Å²) in [6.07, 6.45) is 2.08. The predicted molar refractivity (Wildman–Crippen MR) is 78.5 cm³/mol. The summed E-state index contributed by atoms with van der Waals surface area (Å²) in [7, 11) is 1.62. The molecule has 0 spiro atoms. The van der Waals surface area contributed by atoms with E-state index in [0.29, 0.717) is 18.1 Å². The number of methoxy groups -OCH3 is 1. The van der Waals surface area contributed by atoms with E-state index in [1.807, 2.05) is 24.3 Å². The van der Waals surface area contributed by atoms with E-state index in [1.165, 1.54) is 17.8 Å². The molecule has 6 heteroatoms. The summed E-state index contributed by atoms with van der Waals surface area (Å²) >= 11 is 1.30. The van der Waals surface area contributed by atoms with Gasteiger partial charge in [-0.15, -0.1) is 0 Å². The molecule has 1 aliphatic heterocycles. The van der Waals surface area contributed by atoms with Crippen LogP contribution in [0.4, 0.5) is 5.69 Å². The number of benzene rings is 1. The largest absolute Gasteiger partial charge is 0.385 e. The van der Waals surface area contributed by atoms with Crippen molar-refractivity contribution in [2.45, 2.75) is 11.3 Å². The maximum Gasteiger partial charge on any atom is 0.262 e. The van der Waals surface area contributed by atoms with Crippen LogP contribution in [0.15, 0.2) is 40.1 Å². The van der Waals surface area contributed by atoms with E-state index in [9.17, 15) is 9.59 Å². The fourth-order valence-corrected chi connectivity index (χ4v) is 2.62. The molecule has 2 N–H and O–H groups in total. The summed E-state index contributed by atoms with van der Waals surface area (Å²) in [6.45, 7) is 1.12. The zero-order chi connectivity index (χ0) is 14.4. The van der Waals surface area contributed by atoms with Gasteiger partial charge in [-0.3, -0.25) is 9.59 Å². The van der Waals surface area contributed by atoms with Crippen molar-refractivity contribution >= 4 is 29.3 Å². The van der Waals surface area contributed by atoms with Crippen LogP contribution in [0.5, 0.6) is 0 Å². The van der Waals surface area contributed by atoms with Gasteiger partial charge < -0.3 is 15.4 Å². The smallest absolute Gasteiger partial charge is 0.262 e. The summed E-state index contributed by atoms with van der Waals surface area (Å²) < 4.78 is 4.89. The molecule has 0 fully saturated rings. The fraction of sp³-hybridized carbons (Fsp3) is 0.286. The Balaban J connectivity index is 1.97. The number of rotatable bonds is 5. The lowest BCUT2D eigenvalue weighted by Gasteiger charge is -2.17. The van der Waals surface area contributed by atoms with Crippen molar-refractivity contribution < 1.29 is 14.3 Å². The molecule has 1 aromatic rings. The van der Waals surface area contributed by atoms with Gasteiger partial charge in [-0.05, 0) is 18.6 Å². The maximum atomic E-state index is 11.9. The molecule has 2 rings (SSSR count). The SMILES string of the molecule is COCCCNC(=O)/C=C1/Sc2ccccc2NC1=O. The van der Waals surface area contributed by atoms with E-state index >= 15 is 0 Å². The Morgan fingerprint density at radius 3 is 3.05 bits per heavy atom. The third-order valence-corrected chi connectivity index (χ3v) is 3.76. The summed E-state index contributed by atoms with van der Waals surface area (Å²) in [5.74, 6) is -0.515. The lowest BCUT2D eigenvalue weighted by molar-refractivity contribution is -0.117. The van der Waals surface area contributed by atoms with Gasteiger partial charge in [-0.2, -0.15) is 0 Å². The van der Waals surface area contributed by atoms with E-state index in [4.69, 9.17) is 4.74 Å². The molecule has 0 saturated heterocycles. The zero-order valence-corrected chi connectivity index (χ0v) is 12.0. The Morgan fingerprint density at radius 2 is 2.25 bits per heavy atom. The Morgan fingerprint density at radius 1 is 1.45 bits per heavy atom. The van der Waals surface area contributed by atoms with Gasteiger partial charge in [0.15, 0.2) is 0 Å². The number of fused-ring (bicyclic) bond motifs is 1. The van der Waals surface area contributed by atoms with Crippen LogP contribution in [-0.4, -0.2) is 32.1 Å². The Bertz CT molecular complexity index is 543. The number of carbonyl (C=O) groups is 2. The molecule has 0 atom stereocenters. The molecule has 0 aromatic heterocycles. The van der Waals surface area contributed by atoms with E-state index < -0.39 is 0 Å². The molecule has 5 nitrogen and oxygen atoms in total. The van der Waals surface area contributed by atoms with Gasteiger partial charge in [0, 0.05) is 31.2 Å². The van der Waals surface area contributed by atoms with Crippen molar-refractivity contribution in [1.29, 1.82) is 0 Å². The van der Waals surface area contributed by atoms with E-state index in [-0.39, 0.29) is 11.8 Å². The number of para-hydroxylation sites is 1. The molecule has 1 aromatic carbocycles. The first-order valence-electron chi connectivity index (χ1n) is 6.27. The lowest BCUT2D eigenvalue weighted by Crippen LogP contribution is -2.25. The second-order valence-electron chi connectivity index (χ2n) is 4.20. The third-order valence-electron chi connectivity index (χ3n) is 2.67. The molecule has 1 aliphatic rings. The highest BCUT2D eigenvalue weighted by Gasteiger charge is 2.21. The molecule has 1 heterocycles. The minimum atomic E-state index is -0.266. The van der Waals surface area contributed by atoms with Gasteiger partial charge >= 0.3 is 0 Å². The van der Waals surface area contributed by atoms with Crippen molar-refractivity contribution in [1.82, 2.24) is 5.32 Å². The maximum absolute atomic E-state index is 11.9. The van der Waals surface area contributed by atoms with Crippen LogP contribution in [0.25, 0.3) is 0 Å². The van der Waals surface area contributed by atoms with Crippen molar-refractivity contribution in [3.8, 4) is 0 Å². The van der Waals surface area contributed by atoms with Crippen LogP contribution in [-0.2, 0) is 14.3 Å². The molecular formula is C14H16N2O3S. The first-order valence-corrected chi connectivity index (χ1v) is 7.09. The van der Waals surface area contributed by atoms with E-state index in [0.717, 1.165) is 17.0 Å². The van der Waals surface area contributed by atoms with Crippen molar-refractivity contribution in [3.05, 3.63) is 35.2 Å². The fourth-order valence-electron chi connectivity index (χ4n) is 1.70. The topological polar surface area (TPSA) is 67.4 Å². The van der Waals surface area contributed by atoms with Gasteiger partial charge in [0.05, 0.1) is 10.6 Å². The molecule has 0 saturated carbocycles. The molecule has 0 unspecified atom stereocenters. The number of hydrogen-bond acceptors (Lipinski definition) is 4. The number of amides is 2. The second-order valence-corrected chi connectivity index (χ2v) is 5.28. The molecule has 106 valence electrons. The number of nitrogens with one attached hydrogen (secondary N) is 2. The minimum Gasteiger partial charge on any atom is -0.385 e. The van der Waals surface area contributed by atoms with Gasteiger partial charge in [0.25, 0.3) is 5.91 Å². The van der Waals surface area contributed by atoms with Crippen LogP contribution in [0.3, 0.4) is 0 Å². The lowest BCUT2D eigenvalue weighted by atomic mass is 10.3. The molecule has 0 radical (unpaired) electrons. The summed E-state index contributed by atoms with van der Waals surface area (Å²) in [5.41, 5.74) is 0.778. The minimum absolute atomic E-state index is 0.249. The summed E-state index contributed by atoms with van der Waals surface area (Å²) in [5, 5.41) is 5.48. The van der Waals surface area contributed by atoms with Crippen LogP contribution in [0.1, 0.15) is 6.42 Å². The quantitative estimate of drug-likeness (QED) is 0.641. The second kappa shape index (κ2) is 7.12. The highest BCUT2D eigenvalue weighted by Crippen LogP contribution is 2.37. The third kappa shape index (κ3) is 3.85. The van der Waals surface area contributed by atoms with Crippen LogP contribution < -0.4 is 10.6 Å². The first-order chi connectivity index (χ1) is 9.70. The molecular weight excluding hydrogens is 276 g/mol. The predicted octanol–water partition coefficient (Wildman–Crippen LogP) is 1.77. The van der Waals surface area contributed by atoms with E-state index in [2.05, 4.69) is 10.6 Å². The van der Waals surface area contributed by atoms with Gasteiger partial charge in [0.2, 0.25) is 5.91 Å². The number of hydrogen-bond donors (Lipinski definition) is 2. The molecule has 20 heavy (non-hydrogen) atoms. The van der Waals surface area contributed by atoms with Gasteiger partial charge in [0.1, 0.15) is 0 Å². The Hall–Kier alpha value is -1.79. The number of anilines is 1. The van der Waals surface area contributed by atoms with Gasteiger partial charge in [-0.25, -0.2) is 0 Å². The first kappa shape index (κ1) is 14.6. The average Bonchev–Trinajstić information content (AvgIpc) is 2.44. The highest BCUT2D eigenvalue weighted by atomic mass is 32.2. The number of carbonyl (C=O) groups excluding carboxylic acids is 2. The molecule has 0 bridgehead atoms. The van der Waals surface area contributed by atoms with Gasteiger partial charge in [-0.1, -0.05) is 23.9 Å².